The summed E-state index contributed by atoms with van der Waals surface area (Å²) in [4.78, 5) is 0. The Bertz CT molecular complexity index is 194. The summed E-state index contributed by atoms with van der Waals surface area (Å²) in [6, 6.07) is 0. The van der Waals surface area contributed by atoms with Crippen LogP contribution in [0.4, 0.5) is 0 Å². The highest BCUT2D eigenvalue weighted by atomic mass is 15.4. The molecule has 0 aliphatic carbocycles. The maximum atomic E-state index is 5.38. The molecule has 0 saturated carbocycles. The first-order valence-electron chi connectivity index (χ1n) is 3.16. The molecule has 0 aliphatic rings. The summed E-state index contributed by atoms with van der Waals surface area (Å²) >= 11 is 0. The first kappa shape index (κ1) is 7.17. The van der Waals surface area contributed by atoms with Gasteiger partial charge >= 0.3 is 0 Å². The minimum Gasteiger partial charge on any atom is -0.329 e. The largest absolute Gasteiger partial charge is 0.329 e. The van der Waals surface area contributed by atoms with Gasteiger partial charge in [0.25, 0.3) is 0 Å². The van der Waals surface area contributed by atoms with Crippen molar-refractivity contribution < 1.29 is 0 Å². The first-order valence-corrected chi connectivity index (χ1v) is 3.16. The number of hydrogen-bond donors (Lipinski definition) is 2. The normalized spacial score (nSPS) is 10.2. The zero-order valence-electron chi connectivity index (χ0n) is 5.70. The molecule has 0 unspecified atom stereocenters. The Hall–Kier alpha value is -0.940. The quantitative estimate of drug-likeness (QED) is 0.547. The third-order valence-corrected chi connectivity index (χ3v) is 1.25. The molecular weight excluding hydrogens is 130 g/mol. The molecule has 0 atom stereocenters. The van der Waals surface area contributed by atoms with Gasteiger partial charge in [-0.2, -0.15) is 0 Å². The van der Waals surface area contributed by atoms with E-state index in [2.05, 4.69) is 10.3 Å². The molecule has 0 saturated heterocycles. The lowest BCUT2D eigenvalue weighted by molar-refractivity contribution is 0.573. The van der Waals surface area contributed by atoms with E-state index >= 15 is 0 Å². The topological polar surface area (TPSA) is 82.8 Å². The molecule has 0 radical (unpaired) electrons. The lowest BCUT2D eigenvalue weighted by Crippen LogP contribution is -2.15. The van der Waals surface area contributed by atoms with E-state index in [9.17, 15) is 0 Å². The van der Waals surface area contributed by atoms with Crippen molar-refractivity contribution in [2.45, 2.75) is 13.1 Å². The zero-order chi connectivity index (χ0) is 7.40. The average Bonchev–Trinajstić information content (AvgIpc) is 2.36. The molecule has 0 aliphatic heterocycles. The highest BCUT2D eigenvalue weighted by molar-refractivity contribution is 4.91. The molecular formula is C5H11N5. The summed E-state index contributed by atoms with van der Waals surface area (Å²) < 4.78 is 1.71. The molecule has 1 aromatic heterocycles. The Morgan fingerprint density at radius 2 is 2.30 bits per heavy atom. The van der Waals surface area contributed by atoms with Gasteiger partial charge in [0.2, 0.25) is 0 Å². The molecule has 1 aromatic rings. The van der Waals surface area contributed by atoms with Crippen molar-refractivity contribution in [1.29, 1.82) is 0 Å². The fourth-order valence-corrected chi connectivity index (χ4v) is 0.748. The van der Waals surface area contributed by atoms with Gasteiger partial charge in [-0.1, -0.05) is 5.21 Å². The van der Waals surface area contributed by atoms with Gasteiger partial charge in [-0.15, -0.1) is 5.10 Å². The summed E-state index contributed by atoms with van der Waals surface area (Å²) in [7, 11) is 0. The number of aromatic nitrogens is 3. The highest BCUT2D eigenvalue weighted by Crippen LogP contribution is 1.91. The summed E-state index contributed by atoms with van der Waals surface area (Å²) in [5.41, 5.74) is 11.6. The molecule has 0 spiro atoms. The maximum Gasteiger partial charge on any atom is 0.0738 e. The van der Waals surface area contributed by atoms with Gasteiger partial charge in [-0.05, 0) is 0 Å². The Balaban J connectivity index is 2.70. The van der Waals surface area contributed by atoms with E-state index in [1.54, 1.807) is 10.9 Å². The van der Waals surface area contributed by atoms with Gasteiger partial charge in [0.05, 0.1) is 18.4 Å². The van der Waals surface area contributed by atoms with Crippen LogP contribution >= 0.6 is 0 Å². The van der Waals surface area contributed by atoms with Crippen LogP contribution in [0.25, 0.3) is 0 Å². The van der Waals surface area contributed by atoms with Crippen LogP contribution in [0.2, 0.25) is 0 Å². The smallest absolute Gasteiger partial charge is 0.0738 e. The molecule has 1 heterocycles. The van der Waals surface area contributed by atoms with Crippen molar-refractivity contribution in [3.05, 3.63) is 11.9 Å². The van der Waals surface area contributed by atoms with E-state index < -0.39 is 0 Å². The zero-order valence-corrected chi connectivity index (χ0v) is 5.70. The second-order valence-corrected chi connectivity index (χ2v) is 1.94. The Morgan fingerprint density at radius 3 is 2.90 bits per heavy atom. The second-order valence-electron chi connectivity index (χ2n) is 1.94. The van der Waals surface area contributed by atoms with Crippen LogP contribution in [0.15, 0.2) is 6.20 Å². The standard InChI is InChI=1S/C5H11N5/c6-1-2-10-5(3-7)4-8-9-10/h4H,1-3,6-7H2. The van der Waals surface area contributed by atoms with Crippen LogP contribution in [0.3, 0.4) is 0 Å². The predicted octanol–water partition coefficient (Wildman–Crippen LogP) is -1.30. The van der Waals surface area contributed by atoms with Crippen molar-refractivity contribution in [2.75, 3.05) is 6.54 Å². The molecule has 56 valence electrons. The van der Waals surface area contributed by atoms with Gasteiger partial charge in [0, 0.05) is 13.1 Å². The van der Waals surface area contributed by atoms with Crippen LogP contribution < -0.4 is 11.5 Å². The molecule has 0 amide bonds. The Labute approximate surface area is 59.0 Å². The monoisotopic (exact) mass is 141 g/mol. The minimum atomic E-state index is 0.465. The summed E-state index contributed by atoms with van der Waals surface area (Å²) in [6.07, 6.45) is 1.65. The van der Waals surface area contributed by atoms with Crippen molar-refractivity contribution in [3.8, 4) is 0 Å². The van der Waals surface area contributed by atoms with E-state index in [1.807, 2.05) is 0 Å². The summed E-state index contributed by atoms with van der Waals surface area (Å²) in [5, 5.41) is 7.47. The molecule has 10 heavy (non-hydrogen) atoms. The first-order chi connectivity index (χ1) is 4.88. The van der Waals surface area contributed by atoms with Gasteiger partial charge in [0.1, 0.15) is 0 Å². The van der Waals surface area contributed by atoms with E-state index in [0.29, 0.717) is 19.6 Å². The lowest BCUT2D eigenvalue weighted by Gasteiger charge is -1.99. The fraction of sp³-hybridized carbons (Fsp3) is 0.600. The number of rotatable bonds is 3. The van der Waals surface area contributed by atoms with Crippen LogP contribution in [0, 0.1) is 0 Å². The average molecular weight is 141 g/mol. The van der Waals surface area contributed by atoms with Crippen molar-refractivity contribution in [2.24, 2.45) is 11.5 Å². The molecule has 4 N–H and O–H groups in total. The molecule has 5 nitrogen and oxygen atoms in total. The molecule has 0 fully saturated rings. The SMILES string of the molecule is NCCn1nncc1CN. The van der Waals surface area contributed by atoms with E-state index in [4.69, 9.17) is 11.5 Å². The second kappa shape index (κ2) is 3.28. The van der Waals surface area contributed by atoms with E-state index in [0.717, 1.165) is 5.69 Å². The molecule has 5 heteroatoms. The van der Waals surface area contributed by atoms with Crippen molar-refractivity contribution >= 4 is 0 Å². The third kappa shape index (κ3) is 1.31. The van der Waals surface area contributed by atoms with Gasteiger partial charge in [0.15, 0.2) is 0 Å². The van der Waals surface area contributed by atoms with Gasteiger partial charge in [-0.25, -0.2) is 4.68 Å². The molecule has 0 aromatic carbocycles. The Kier molecular flexibility index (Phi) is 2.35. The number of hydrogen-bond acceptors (Lipinski definition) is 4. The maximum absolute atomic E-state index is 5.38. The summed E-state index contributed by atoms with van der Waals surface area (Å²) in [5.74, 6) is 0. The van der Waals surface area contributed by atoms with Crippen LogP contribution in [-0.2, 0) is 13.1 Å². The van der Waals surface area contributed by atoms with Crippen LogP contribution in [-0.4, -0.2) is 21.5 Å². The van der Waals surface area contributed by atoms with Crippen molar-refractivity contribution in [1.82, 2.24) is 15.0 Å². The van der Waals surface area contributed by atoms with E-state index in [-0.39, 0.29) is 0 Å². The van der Waals surface area contributed by atoms with Crippen LogP contribution in [0.5, 0.6) is 0 Å². The summed E-state index contributed by atoms with van der Waals surface area (Å²) in [6.45, 7) is 1.72. The highest BCUT2D eigenvalue weighted by Gasteiger charge is 1.97. The minimum absolute atomic E-state index is 0.465. The van der Waals surface area contributed by atoms with Crippen molar-refractivity contribution in [3.63, 3.8) is 0 Å². The fourth-order valence-electron chi connectivity index (χ4n) is 0.748. The number of nitrogens with two attached hydrogens (primary N) is 2. The molecule has 0 bridgehead atoms. The van der Waals surface area contributed by atoms with Gasteiger partial charge < -0.3 is 11.5 Å². The predicted molar refractivity (Wildman–Crippen MR) is 37.0 cm³/mol. The lowest BCUT2D eigenvalue weighted by atomic mass is 10.4. The third-order valence-electron chi connectivity index (χ3n) is 1.25. The number of nitrogens with zero attached hydrogens (tertiary/aromatic N) is 3. The van der Waals surface area contributed by atoms with Gasteiger partial charge in [-0.3, -0.25) is 0 Å². The van der Waals surface area contributed by atoms with E-state index in [1.165, 1.54) is 0 Å². The Morgan fingerprint density at radius 1 is 1.50 bits per heavy atom. The van der Waals surface area contributed by atoms with Crippen LogP contribution in [0.1, 0.15) is 5.69 Å². The molecule has 1 rings (SSSR count).